The molecule has 30 heavy (non-hydrogen) atoms. The number of hydrogen-bond acceptors (Lipinski definition) is 5. The van der Waals surface area contributed by atoms with Crippen molar-refractivity contribution in [2.75, 3.05) is 0 Å². The van der Waals surface area contributed by atoms with Crippen molar-refractivity contribution in [2.45, 2.75) is 57.1 Å². The standard InChI is InChI=1S/C23H27N3O4/c1-13(20(27)24-23-10-14-7-15(11-23)9-16(8-14)12-23)30-22(29)19-17-5-3-4-6-18(17)21(28)26(2)25-19/h3-6,13-16H,7-12H2,1-2H3,(H,24,27)/t13-,14?,15?,16?,23?/m0/s1. The maximum absolute atomic E-state index is 12.9. The van der Waals surface area contributed by atoms with E-state index < -0.39 is 12.1 Å². The van der Waals surface area contributed by atoms with Gasteiger partial charge in [-0.25, -0.2) is 9.48 Å². The highest BCUT2D eigenvalue weighted by Gasteiger charge is 2.51. The average molecular weight is 409 g/mol. The number of aromatic nitrogens is 2. The van der Waals surface area contributed by atoms with E-state index in [2.05, 4.69) is 10.4 Å². The summed E-state index contributed by atoms with van der Waals surface area (Å²) in [7, 11) is 1.49. The Labute approximate surface area is 174 Å². The Morgan fingerprint density at radius 3 is 2.27 bits per heavy atom. The molecule has 158 valence electrons. The fraction of sp³-hybridized carbons (Fsp3) is 0.565. The van der Waals surface area contributed by atoms with Gasteiger partial charge in [0.05, 0.1) is 5.39 Å². The topological polar surface area (TPSA) is 90.3 Å². The van der Waals surface area contributed by atoms with Crippen LogP contribution in [0.15, 0.2) is 29.1 Å². The van der Waals surface area contributed by atoms with Crippen molar-refractivity contribution in [1.29, 1.82) is 0 Å². The molecule has 4 fully saturated rings. The van der Waals surface area contributed by atoms with Crippen LogP contribution in [0.5, 0.6) is 0 Å². The molecule has 1 heterocycles. The van der Waals surface area contributed by atoms with Crippen LogP contribution in [0.2, 0.25) is 0 Å². The molecule has 0 radical (unpaired) electrons. The maximum atomic E-state index is 12.9. The van der Waals surface area contributed by atoms with Gasteiger partial charge < -0.3 is 10.1 Å². The van der Waals surface area contributed by atoms with Crippen molar-refractivity contribution in [3.63, 3.8) is 0 Å². The summed E-state index contributed by atoms with van der Waals surface area (Å²) in [6.07, 6.45) is 6.08. The van der Waals surface area contributed by atoms with Crippen molar-refractivity contribution in [3.8, 4) is 0 Å². The van der Waals surface area contributed by atoms with Crippen LogP contribution in [0, 0.1) is 17.8 Å². The predicted molar refractivity (Wildman–Crippen MR) is 111 cm³/mol. The molecule has 4 aliphatic rings. The zero-order chi connectivity index (χ0) is 21.0. The first-order chi connectivity index (χ1) is 14.3. The third-order valence-electron chi connectivity index (χ3n) is 7.23. The van der Waals surface area contributed by atoms with E-state index in [4.69, 9.17) is 4.74 Å². The van der Waals surface area contributed by atoms with Gasteiger partial charge in [-0.3, -0.25) is 9.59 Å². The maximum Gasteiger partial charge on any atom is 0.360 e. The molecule has 1 aromatic heterocycles. The molecule has 1 aromatic carbocycles. The van der Waals surface area contributed by atoms with Crippen LogP contribution in [0.3, 0.4) is 0 Å². The predicted octanol–water partition coefficient (Wildman–Crippen LogP) is 2.56. The highest BCUT2D eigenvalue weighted by atomic mass is 16.5. The lowest BCUT2D eigenvalue weighted by Gasteiger charge is -2.57. The Morgan fingerprint density at radius 1 is 1.10 bits per heavy atom. The lowest BCUT2D eigenvalue weighted by molar-refractivity contribution is -0.134. The third-order valence-corrected chi connectivity index (χ3v) is 7.23. The number of aryl methyl sites for hydroxylation is 1. The van der Waals surface area contributed by atoms with Crippen LogP contribution in [0.25, 0.3) is 10.8 Å². The van der Waals surface area contributed by atoms with Gasteiger partial charge in [-0.2, -0.15) is 5.10 Å². The van der Waals surface area contributed by atoms with Crippen molar-refractivity contribution < 1.29 is 14.3 Å². The highest BCUT2D eigenvalue weighted by molar-refractivity contribution is 6.02. The first-order valence-electron chi connectivity index (χ1n) is 10.8. The molecule has 4 bridgehead atoms. The van der Waals surface area contributed by atoms with Crippen molar-refractivity contribution >= 4 is 22.6 Å². The zero-order valence-corrected chi connectivity index (χ0v) is 17.4. The molecule has 4 aliphatic carbocycles. The normalized spacial score (nSPS) is 30.3. The number of fused-ring (bicyclic) bond motifs is 1. The second-order valence-corrected chi connectivity index (χ2v) is 9.56. The molecule has 7 heteroatoms. The summed E-state index contributed by atoms with van der Waals surface area (Å²) < 4.78 is 6.61. The van der Waals surface area contributed by atoms with Gasteiger partial charge in [0.1, 0.15) is 0 Å². The van der Waals surface area contributed by atoms with Crippen LogP contribution < -0.4 is 10.9 Å². The average Bonchev–Trinajstić information content (AvgIpc) is 2.69. The molecule has 0 saturated heterocycles. The molecule has 0 aliphatic heterocycles. The fourth-order valence-corrected chi connectivity index (χ4v) is 6.35. The summed E-state index contributed by atoms with van der Waals surface area (Å²) in [5.74, 6) is 1.20. The van der Waals surface area contributed by atoms with Gasteiger partial charge in [-0.05, 0) is 69.3 Å². The largest absolute Gasteiger partial charge is 0.448 e. The number of carbonyl (C=O) groups excluding carboxylic acids is 2. The van der Waals surface area contributed by atoms with Crippen LogP contribution in [0.1, 0.15) is 55.9 Å². The number of nitrogens with one attached hydrogen (secondary N) is 1. The number of carbonyl (C=O) groups is 2. The molecule has 4 saturated carbocycles. The zero-order valence-electron chi connectivity index (χ0n) is 17.4. The van der Waals surface area contributed by atoms with Gasteiger partial charge >= 0.3 is 5.97 Å². The lowest BCUT2D eigenvalue weighted by atomic mass is 9.53. The number of amides is 1. The minimum atomic E-state index is -0.927. The first-order valence-corrected chi connectivity index (χ1v) is 10.8. The van der Waals surface area contributed by atoms with Crippen molar-refractivity contribution in [2.24, 2.45) is 24.8 Å². The van der Waals surface area contributed by atoms with Gasteiger partial charge in [-0.1, -0.05) is 18.2 Å². The molecule has 1 N–H and O–H groups in total. The first kappa shape index (κ1) is 19.3. The second-order valence-electron chi connectivity index (χ2n) is 9.56. The summed E-state index contributed by atoms with van der Waals surface area (Å²) >= 11 is 0. The van der Waals surface area contributed by atoms with Gasteiger partial charge in [0.25, 0.3) is 11.5 Å². The van der Waals surface area contributed by atoms with E-state index in [0.717, 1.165) is 41.7 Å². The molecule has 6 rings (SSSR count). The van der Waals surface area contributed by atoms with Crippen LogP contribution in [0.4, 0.5) is 0 Å². The summed E-state index contributed by atoms with van der Waals surface area (Å²) in [5, 5.41) is 8.16. The third kappa shape index (κ3) is 3.20. The molecular weight excluding hydrogens is 382 g/mol. The molecule has 0 unspecified atom stereocenters. The molecular formula is C23H27N3O4. The molecule has 7 nitrogen and oxygen atoms in total. The van der Waals surface area contributed by atoms with Gasteiger partial charge in [0.15, 0.2) is 11.8 Å². The molecule has 1 amide bonds. The minimum Gasteiger partial charge on any atom is -0.448 e. The van der Waals surface area contributed by atoms with Crippen molar-refractivity contribution in [3.05, 3.63) is 40.3 Å². The van der Waals surface area contributed by atoms with E-state index in [1.807, 2.05) is 0 Å². The number of ether oxygens (including phenoxy) is 1. The second kappa shape index (κ2) is 6.93. The Morgan fingerprint density at radius 2 is 1.67 bits per heavy atom. The van der Waals surface area contributed by atoms with E-state index in [0.29, 0.717) is 10.8 Å². The van der Waals surface area contributed by atoms with Crippen LogP contribution in [-0.4, -0.2) is 33.3 Å². The summed E-state index contributed by atoms with van der Waals surface area (Å²) in [5.41, 5.74) is -0.370. The van der Waals surface area contributed by atoms with E-state index in [-0.39, 0.29) is 22.7 Å². The van der Waals surface area contributed by atoms with Crippen LogP contribution >= 0.6 is 0 Å². The van der Waals surface area contributed by atoms with Gasteiger partial charge in [-0.15, -0.1) is 0 Å². The van der Waals surface area contributed by atoms with E-state index >= 15 is 0 Å². The van der Waals surface area contributed by atoms with E-state index in [1.54, 1.807) is 31.2 Å². The van der Waals surface area contributed by atoms with E-state index in [9.17, 15) is 14.4 Å². The number of benzene rings is 1. The smallest absolute Gasteiger partial charge is 0.360 e. The quantitative estimate of drug-likeness (QED) is 0.784. The minimum absolute atomic E-state index is 0.0437. The number of esters is 1. The van der Waals surface area contributed by atoms with Crippen molar-refractivity contribution in [1.82, 2.24) is 15.1 Å². The molecule has 2 aromatic rings. The summed E-state index contributed by atoms with van der Waals surface area (Å²) in [6.45, 7) is 1.60. The number of hydrogen-bond donors (Lipinski definition) is 1. The van der Waals surface area contributed by atoms with Gasteiger partial charge in [0, 0.05) is 18.0 Å². The molecule has 0 spiro atoms. The fourth-order valence-electron chi connectivity index (χ4n) is 6.35. The lowest BCUT2D eigenvalue weighted by Crippen LogP contribution is -2.61. The van der Waals surface area contributed by atoms with E-state index in [1.165, 1.54) is 26.3 Å². The summed E-state index contributed by atoms with van der Waals surface area (Å²) in [6, 6.07) is 6.80. The van der Waals surface area contributed by atoms with Gasteiger partial charge in [0.2, 0.25) is 0 Å². The Bertz CT molecular complexity index is 1050. The van der Waals surface area contributed by atoms with Crippen LogP contribution in [-0.2, 0) is 16.6 Å². The summed E-state index contributed by atoms with van der Waals surface area (Å²) in [4.78, 5) is 38.0. The Kier molecular flexibility index (Phi) is 4.45. The monoisotopic (exact) mass is 409 g/mol. The number of nitrogens with zero attached hydrogens (tertiary/aromatic N) is 2. The SMILES string of the molecule is C[C@H](OC(=O)c1nn(C)c(=O)c2ccccc12)C(=O)NC12CC3CC(CC(C3)C1)C2. The Balaban J connectivity index is 1.32. The molecule has 1 atom stereocenters. The number of rotatable bonds is 4. The highest BCUT2D eigenvalue weighted by Crippen LogP contribution is 2.55. The Hall–Kier alpha value is -2.70.